The summed E-state index contributed by atoms with van der Waals surface area (Å²) in [7, 11) is 1.78. The number of nitrogens with two attached hydrogens (primary N) is 2. The van der Waals surface area contributed by atoms with Gasteiger partial charge in [-0.2, -0.15) is 0 Å². The van der Waals surface area contributed by atoms with Crippen molar-refractivity contribution >= 4 is 5.82 Å². The van der Waals surface area contributed by atoms with Gasteiger partial charge in [0.2, 0.25) is 0 Å². The molecule has 5 N–H and O–H groups in total. The molecule has 0 saturated heterocycles. The van der Waals surface area contributed by atoms with Crippen molar-refractivity contribution in [3.63, 3.8) is 0 Å². The van der Waals surface area contributed by atoms with E-state index in [1.165, 1.54) is 19.3 Å². The second kappa shape index (κ2) is 6.32. The lowest BCUT2D eigenvalue weighted by molar-refractivity contribution is -0.0673. The summed E-state index contributed by atoms with van der Waals surface area (Å²) < 4.78 is 5.84. The summed E-state index contributed by atoms with van der Waals surface area (Å²) in [6.45, 7) is 0. The first-order valence-electron chi connectivity index (χ1n) is 6.92. The molecule has 1 aromatic heterocycles. The SMILES string of the molecule is COC1(C(Cc2cccnc2N)NN)CCCCC1. The van der Waals surface area contributed by atoms with Gasteiger partial charge in [-0.1, -0.05) is 25.3 Å². The molecule has 1 unspecified atom stereocenters. The minimum absolute atomic E-state index is 0.0595. The Kier molecular flexibility index (Phi) is 4.74. The third kappa shape index (κ3) is 3.05. The standard InChI is InChI=1S/C14H24N4O/c1-19-14(7-3-2-4-8-14)12(18-16)10-11-6-5-9-17-13(11)15/h5-6,9,12,18H,2-4,7-8,10,16H2,1H3,(H2,15,17). The lowest BCUT2D eigenvalue weighted by Crippen LogP contribution is -2.56. The van der Waals surface area contributed by atoms with Gasteiger partial charge >= 0.3 is 0 Å². The Labute approximate surface area is 114 Å². The van der Waals surface area contributed by atoms with Crippen molar-refractivity contribution in [3.05, 3.63) is 23.9 Å². The van der Waals surface area contributed by atoms with E-state index in [9.17, 15) is 0 Å². The number of nitrogens with one attached hydrogen (secondary N) is 1. The molecule has 1 atom stereocenters. The molecule has 19 heavy (non-hydrogen) atoms. The van der Waals surface area contributed by atoms with Gasteiger partial charge in [0.25, 0.3) is 0 Å². The summed E-state index contributed by atoms with van der Waals surface area (Å²) in [6.07, 6.45) is 8.18. The molecular formula is C14H24N4O. The number of nitrogen functional groups attached to an aromatic ring is 1. The monoisotopic (exact) mass is 264 g/mol. The lowest BCUT2D eigenvalue weighted by Gasteiger charge is -2.42. The van der Waals surface area contributed by atoms with Crippen LogP contribution in [-0.2, 0) is 11.2 Å². The van der Waals surface area contributed by atoms with E-state index in [0.29, 0.717) is 5.82 Å². The lowest BCUT2D eigenvalue weighted by atomic mass is 9.77. The average molecular weight is 264 g/mol. The van der Waals surface area contributed by atoms with Crippen molar-refractivity contribution in [2.24, 2.45) is 5.84 Å². The van der Waals surface area contributed by atoms with Crippen molar-refractivity contribution in [1.29, 1.82) is 0 Å². The molecule has 5 heteroatoms. The number of rotatable bonds is 5. The molecule has 0 bridgehead atoms. The van der Waals surface area contributed by atoms with E-state index < -0.39 is 0 Å². The zero-order valence-corrected chi connectivity index (χ0v) is 11.6. The second-order valence-electron chi connectivity index (χ2n) is 5.30. The highest BCUT2D eigenvalue weighted by Crippen LogP contribution is 2.35. The van der Waals surface area contributed by atoms with Crippen LogP contribution in [0.2, 0.25) is 0 Å². The van der Waals surface area contributed by atoms with Crippen molar-refractivity contribution in [2.45, 2.75) is 50.2 Å². The Morgan fingerprint density at radius 2 is 2.16 bits per heavy atom. The minimum atomic E-state index is -0.185. The molecule has 0 aromatic carbocycles. The largest absolute Gasteiger partial charge is 0.383 e. The van der Waals surface area contributed by atoms with Crippen LogP contribution in [0.4, 0.5) is 5.82 Å². The minimum Gasteiger partial charge on any atom is -0.383 e. The Hall–Kier alpha value is -1.17. The van der Waals surface area contributed by atoms with Crippen molar-refractivity contribution < 1.29 is 4.74 Å². The smallest absolute Gasteiger partial charge is 0.126 e. The molecule has 2 rings (SSSR count). The summed E-state index contributed by atoms with van der Waals surface area (Å²) in [5.41, 5.74) is 9.68. The van der Waals surface area contributed by atoms with E-state index in [-0.39, 0.29) is 11.6 Å². The first-order valence-corrected chi connectivity index (χ1v) is 6.92. The molecule has 1 heterocycles. The van der Waals surface area contributed by atoms with Gasteiger partial charge in [0.15, 0.2) is 0 Å². The van der Waals surface area contributed by atoms with Crippen LogP contribution in [0.3, 0.4) is 0 Å². The van der Waals surface area contributed by atoms with Crippen LogP contribution in [0.25, 0.3) is 0 Å². The van der Waals surface area contributed by atoms with Crippen LogP contribution < -0.4 is 17.0 Å². The molecule has 5 nitrogen and oxygen atoms in total. The van der Waals surface area contributed by atoms with E-state index in [1.54, 1.807) is 13.3 Å². The highest BCUT2D eigenvalue weighted by atomic mass is 16.5. The van der Waals surface area contributed by atoms with Crippen LogP contribution in [0.1, 0.15) is 37.7 Å². The van der Waals surface area contributed by atoms with Gasteiger partial charge in [-0.3, -0.25) is 11.3 Å². The number of anilines is 1. The Bertz CT molecular complexity index is 404. The summed E-state index contributed by atoms with van der Waals surface area (Å²) in [5, 5.41) is 0. The summed E-state index contributed by atoms with van der Waals surface area (Å²) in [5.74, 6) is 6.34. The van der Waals surface area contributed by atoms with E-state index in [1.807, 2.05) is 12.1 Å². The molecule has 1 aromatic rings. The van der Waals surface area contributed by atoms with Gasteiger partial charge in [-0.05, 0) is 30.9 Å². The summed E-state index contributed by atoms with van der Waals surface area (Å²) >= 11 is 0. The Morgan fingerprint density at radius 1 is 1.42 bits per heavy atom. The molecule has 0 radical (unpaired) electrons. The average Bonchev–Trinajstić information content (AvgIpc) is 2.47. The van der Waals surface area contributed by atoms with E-state index in [0.717, 1.165) is 24.8 Å². The third-order valence-corrected chi connectivity index (χ3v) is 4.29. The predicted molar refractivity (Wildman–Crippen MR) is 76.3 cm³/mol. The highest BCUT2D eigenvalue weighted by Gasteiger charge is 2.39. The first-order chi connectivity index (χ1) is 9.22. The number of ether oxygens (including phenoxy) is 1. The van der Waals surface area contributed by atoms with Crippen molar-refractivity contribution in [3.8, 4) is 0 Å². The molecule has 0 aliphatic heterocycles. The molecule has 1 fully saturated rings. The van der Waals surface area contributed by atoms with E-state index in [4.69, 9.17) is 16.3 Å². The number of hydrogen-bond donors (Lipinski definition) is 3. The number of hydrogen-bond acceptors (Lipinski definition) is 5. The van der Waals surface area contributed by atoms with Crippen LogP contribution in [-0.4, -0.2) is 23.7 Å². The quantitative estimate of drug-likeness (QED) is 0.552. The molecular weight excluding hydrogens is 240 g/mol. The number of nitrogens with zero attached hydrogens (tertiary/aromatic N) is 1. The molecule has 1 saturated carbocycles. The van der Waals surface area contributed by atoms with Gasteiger partial charge in [0.05, 0.1) is 11.6 Å². The fourth-order valence-electron chi connectivity index (χ4n) is 3.09. The van der Waals surface area contributed by atoms with Gasteiger partial charge in [-0.25, -0.2) is 4.98 Å². The van der Waals surface area contributed by atoms with Crippen LogP contribution in [0.5, 0.6) is 0 Å². The molecule has 0 spiro atoms. The predicted octanol–water partition coefficient (Wildman–Crippen LogP) is 1.39. The van der Waals surface area contributed by atoms with Crippen LogP contribution in [0, 0.1) is 0 Å². The van der Waals surface area contributed by atoms with Crippen molar-refractivity contribution in [1.82, 2.24) is 10.4 Å². The van der Waals surface area contributed by atoms with Gasteiger partial charge in [0.1, 0.15) is 5.82 Å². The summed E-state index contributed by atoms with van der Waals surface area (Å²) in [6, 6.07) is 3.96. The maximum atomic E-state index is 5.92. The van der Waals surface area contributed by atoms with Crippen LogP contribution in [0.15, 0.2) is 18.3 Å². The summed E-state index contributed by atoms with van der Waals surface area (Å²) in [4.78, 5) is 4.13. The third-order valence-electron chi connectivity index (χ3n) is 4.29. The van der Waals surface area contributed by atoms with Crippen LogP contribution >= 0.6 is 0 Å². The van der Waals surface area contributed by atoms with E-state index >= 15 is 0 Å². The maximum Gasteiger partial charge on any atom is 0.126 e. The number of aromatic nitrogens is 1. The maximum absolute atomic E-state index is 5.92. The van der Waals surface area contributed by atoms with Gasteiger partial charge in [0, 0.05) is 13.3 Å². The normalized spacial score (nSPS) is 20.1. The van der Waals surface area contributed by atoms with Crippen molar-refractivity contribution in [2.75, 3.05) is 12.8 Å². The molecule has 1 aliphatic carbocycles. The fraction of sp³-hybridized carbons (Fsp3) is 0.643. The number of methoxy groups -OCH3 is 1. The Balaban J connectivity index is 2.17. The molecule has 106 valence electrons. The fourth-order valence-corrected chi connectivity index (χ4v) is 3.09. The van der Waals surface area contributed by atoms with Gasteiger partial charge in [-0.15, -0.1) is 0 Å². The zero-order valence-electron chi connectivity index (χ0n) is 11.6. The first kappa shape index (κ1) is 14.2. The Morgan fingerprint density at radius 3 is 2.74 bits per heavy atom. The topological polar surface area (TPSA) is 86.2 Å². The van der Waals surface area contributed by atoms with Gasteiger partial charge < -0.3 is 10.5 Å². The number of pyridine rings is 1. The number of hydrazine groups is 1. The molecule has 1 aliphatic rings. The second-order valence-corrected chi connectivity index (χ2v) is 5.30. The zero-order chi connectivity index (χ0) is 13.7. The molecule has 0 amide bonds. The highest BCUT2D eigenvalue weighted by molar-refractivity contribution is 5.39. The van der Waals surface area contributed by atoms with E-state index in [2.05, 4.69) is 10.4 Å².